The highest BCUT2D eigenvalue weighted by atomic mass is 35.5. The summed E-state index contributed by atoms with van der Waals surface area (Å²) in [6.07, 6.45) is -3.72. The summed E-state index contributed by atoms with van der Waals surface area (Å²) in [7, 11) is -8.00. The van der Waals surface area contributed by atoms with Crippen LogP contribution in [0.15, 0.2) is 71.6 Å². The van der Waals surface area contributed by atoms with Gasteiger partial charge in [-0.05, 0) is 73.0 Å². The van der Waals surface area contributed by atoms with Gasteiger partial charge < -0.3 is 5.32 Å². The minimum absolute atomic E-state index is 0.0350. The van der Waals surface area contributed by atoms with Crippen LogP contribution in [-0.2, 0) is 36.8 Å². The summed E-state index contributed by atoms with van der Waals surface area (Å²) in [5, 5.41) is 3.27. The zero-order chi connectivity index (χ0) is 30.0. The Morgan fingerprint density at radius 2 is 1.66 bits per heavy atom. The second-order valence-corrected chi connectivity index (χ2v) is 13.9. The summed E-state index contributed by atoms with van der Waals surface area (Å²) in [6, 6.07) is 13.4. The molecule has 15 heteroatoms. The molecule has 1 fully saturated rings. The van der Waals surface area contributed by atoms with Crippen LogP contribution in [0.1, 0.15) is 24.0 Å². The number of alkyl halides is 3. The SMILES string of the molecule is O=C(Nc1ccc(S(=O)(=O)Nc2cccc(C(F)(F)F)c2)cc1)C1CCCN(S(=O)(=O)Cc2ccc(Cl)cc2Cl)C1. The van der Waals surface area contributed by atoms with E-state index in [0.29, 0.717) is 29.5 Å². The van der Waals surface area contributed by atoms with E-state index < -0.39 is 43.6 Å². The molecular formula is C26H24Cl2F3N3O5S2. The minimum Gasteiger partial charge on any atom is -0.326 e. The normalized spacial score (nSPS) is 16.8. The lowest BCUT2D eigenvalue weighted by molar-refractivity contribution is -0.137. The summed E-state index contributed by atoms with van der Waals surface area (Å²) >= 11 is 12.0. The van der Waals surface area contributed by atoms with Crippen LogP contribution in [0.25, 0.3) is 0 Å². The first-order valence-corrected chi connectivity index (χ1v) is 16.0. The lowest BCUT2D eigenvalue weighted by atomic mass is 9.99. The molecule has 0 spiro atoms. The highest BCUT2D eigenvalue weighted by Gasteiger charge is 2.33. The lowest BCUT2D eigenvalue weighted by Crippen LogP contribution is -2.44. The molecule has 3 aromatic carbocycles. The van der Waals surface area contributed by atoms with Crippen molar-refractivity contribution < 1.29 is 34.8 Å². The zero-order valence-electron chi connectivity index (χ0n) is 21.2. The number of anilines is 2. The Balaban J connectivity index is 1.39. The molecule has 8 nitrogen and oxygen atoms in total. The van der Waals surface area contributed by atoms with Gasteiger partial charge in [-0.25, -0.2) is 21.1 Å². The van der Waals surface area contributed by atoms with Crippen molar-refractivity contribution in [2.24, 2.45) is 5.92 Å². The molecule has 3 aromatic rings. The van der Waals surface area contributed by atoms with Crippen molar-refractivity contribution in [2.75, 3.05) is 23.1 Å². The minimum atomic E-state index is -4.63. The number of halogens is 5. The summed E-state index contributed by atoms with van der Waals surface area (Å²) in [5.74, 6) is -1.43. The first kappa shape index (κ1) is 31.1. The molecule has 1 atom stereocenters. The van der Waals surface area contributed by atoms with E-state index in [1.807, 2.05) is 0 Å². The number of rotatable bonds is 8. The van der Waals surface area contributed by atoms with E-state index in [2.05, 4.69) is 10.0 Å². The fourth-order valence-electron chi connectivity index (χ4n) is 4.27. The number of nitrogens with one attached hydrogen (secondary N) is 2. The van der Waals surface area contributed by atoms with E-state index in [4.69, 9.17) is 23.2 Å². The number of nitrogens with zero attached hydrogens (tertiary/aromatic N) is 1. The van der Waals surface area contributed by atoms with Crippen LogP contribution in [0.4, 0.5) is 24.5 Å². The average molecular weight is 651 g/mol. The molecule has 1 amide bonds. The van der Waals surface area contributed by atoms with Gasteiger partial charge in [0.15, 0.2) is 0 Å². The number of sulfonamides is 2. The van der Waals surface area contributed by atoms with Gasteiger partial charge >= 0.3 is 6.18 Å². The van der Waals surface area contributed by atoms with Crippen LogP contribution < -0.4 is 10.0 Å². The van der Waals surface area contributed by atoms with Gasteiger partial charge in [-0.15, -0.1) is 0 Å². The van der Waals surface area contributed by atoms with Crippen LogP contribution in [0, 0.1) is 5.92 Å². The highest BCUT2D eigenvalue weighted by molar-refractivity contribution is 7.92. The molecule has 4 rings (SSSR count). The molecule has 0 bridgehead atoms. The number of hydrogen-bond acceptors (Lipinski definition) is 5. The van der Waals surface area contributed by atoms with Crippen molar-refractivity contribution in [1.29, 1.82) is 0 Å². The Kier molecular flexibility index (Phi) is 9.24. The molecule has 0 aliphatic carbocycles. The molecule has 1 aliphatic heterocycles. The van der Waals surface area contributed by atoms with Gasteiger partial charge in [-0.1, -0.05) is 35.3 Å². The average Bonchev–Trinajstić information content (AvgIpc) is 2.90. The Labute approximate surface area is 245 Å². The summed E-state index contributed by atoms with van der Waals surface area (Å²) in [6.45, 7) is 0.218. The van der Waals surface area contributed by atoms with Gasteiger partial charge in [-0.3, -0.25) is 9.52 Å². The van der Waals surface area contributed by atoms with Gasteiger partial charge in [0.05, 0.1) is 22.1 Å². The monoisotopic (exact) mass is 649 g/mol. The third-order valence-electron chi connectivity index (χ3n) is 6.38. The van der Waals surface area contributed by atoms with Gasteiger partial charge in [0, 0.05) is 34.5 Å². The summed E-state index contributed by atoms with van der Waals surface area (Å²) < 4.78 is 93.6. The molecular weight excluding hydrogens is 626 g/mol. The molecule has 0 radical (unpaired) electrons. The zero-order valence-corrected chi connectivity index (χ0v) is 24.3. The Morgan fingerprint density at radius 3 is 2.32 bits per heavy atom. The first-order chi connectivity index (χ1) is 19.1. The standard InChI is InChI=1S/C26H24Cl2F3N3O5S2/c27-20-7-6-18(24(28)14-20)16-40(36,37)34-12-2-3-17(15-34)25(35)32-21-8-10-23(11-9-21)41(38,39)33-22-5-1-4-19(13-22)26(29,30)31/h1,4-11,13-14,17,33H,2-3,12,15-16H2,(H,32,35). The smallest absolute Gasteiger partial charge is 0.326 e. The maximum atomic E-state index is 13.0. The third kappa shape index (κ3) is 7.92. The number of amides is 1. The van der Waals surface area contributed by atoms with Crippen molar-refractivity contribution in [2.45, 2.75) is 29.7 Å². The molecule has 1 unspecified atom stereocenters. The van der Waals surface area contributed by atoms with Crippen LogP contribution in [-0.4, -0.2) is 40.1 Å². The summed E-state index contributed by atoms with van der Waals surface area (Å²) in [5.41, 5.74) is -0.605. The molecule has 0 aromatic heterocycles. The van der Waals surface area contributed by atoms with Crippen LogP contribution in [0.5, 0.6) is 0 Å². The number of hydrogen-bond donors (Lipinski definition) is 2. The van der Waals surface area contributed by atoms with Crippen molar-refractivity contribution in [1.82, 2.24) is 4.31 Å². The van der Waals surface area contributed by atoms with E-state index >= 15 is 0 Å². The van der Waals surface area contributed by atoms with Gasteiger partial charge in [0.25, 0.3) is 10.0 Å². The topological polar surface area (TPSA) is 113 Å². The number of benzene rings is 3. The van der Waals surface area contributed by atoms with Crippen molar-refractivity contribution >= 4 is 60.5 Å². The predicted molar refractivity (Wildman–Crippen MR) is 151 cm³/mol. The quantitative estimate of drug-likeness (QED) is 0.311. The molecule has 1 aliphatic rings. The molecule has 2 N–H and O–H groups in total. The van der Waals surface area contributed by atoms with Crippen molar-refractivity contribution in [3.8, 4) is 0 Å². The van der Waals surface area contributed by atoms with Gasteiger partial charge in [0.1, 0.15) is 0 Å². The van der Waals surface area contributed by atoms with Gasteiger partial charge in [-0.2, -0.15) is 13.2 Å². The van der Waals surface area contributed by atoms with E-state index in [0.717, 1.165) is 12.1 Å². The maximum absolute atomic E-state index is 13.0. The number of piperidine rings is 1. The molecule has 41 heavy (non-hydrogen) atoms. The predicted octanol–water partition coefficient (Wildman–Crippen LogP) is 5.99. The fraction of sp³-hybridized carbons (Fsp3) is 0.269. The number of carbonyl (C=O) groups excluding carboxylic acids is 1. The Morgan fingerprint density at radius 1 is 0.951 bits per heavy atom. The van der Waals surface area contributed by atoms with Crippen LogP contribution in [0.2, 0.25) is 10.0 Å². The van der Waals surface area contributed by atoms with E-state index in [-0.39, 0.29) is 40.1 Å². The highest BCUT2D eigenvalue weighted by Crippen LogP contribution is 2.31. The number of carbonyl (C=O) groups is 1. The second-order valence-electron chi connectivity index (χ2n) is 9.39. The molecule has 1 saturated heterocycles. The van der Waals surface area contributed by atoms with Crippen molar-refractivity contribution in [3.63, 3.8) is 0 Å². The van der Waals surface area contributed by atoms with Crippen LogP contribution >= 0.6 is 23.2 Å². The molecule has 1 heterocycles. The molecule has 0 saturated carbocycles. The van der Waals surface area contributed by atoms with Gasteiger partial charge in [0.2, 0.25) is 15.9 Å². The fourth-order valence-corrected chi connectivity index (χ4v) is 7.52. The lowest BCUT2D eigenvalue weighted by Gasteiger charge is -2.31. The first-order valence-electron chi connectivity index (χ1n) is 12.2. The van der Waals surface area contributed by atoms with E-state index in [1.165, 1.54) is 46.8 Å². The molecule has 220 valence electrons. The van der Waals surface area contributed by atoms with Crippen molar-refractivity contribution in [3.05, 3.63) is 87.9 Å². The Hall–Kier alpha value is -2.84. The largest absolute Gasteiger partial charge is 0.416 e. The summed E-state index contributed by atoms with van der Waals surface area (Å²) in [4.78, 5) is 12.7. The van der Waals surface area contributed by atoms with Crippen LogP contribution in [0.3, 0.4) is 0 Å². The third-order valence-corrected chi connectivity index (χ3v) is 10.2. The second kappa shape index (κ2) is 12.2. The maximum Gasteiger partial charge on any atom is 0.416 e. The Bertz CT molecular complexity index is 1650. The van der Waals surface area contributed by atoms with E-state index in [1.54, 1.807) is 6.07 Å². The van der Waals surface area contributed by atoms with E-state index in [9.17, 15) is 34.8 Å².